The van der Waals surface area contributed by atoms with Gasteiger partial charge in [-0.05, 0) is 39.0 Å². The number of pyridine rings is 1. The maximum Gasteiger partial charge on any atom is 0.224 e. The zero-order chi connectivity index (χ0) is 16.9. The molecule has 0 amide bonds. The molecule has 6 heteroatoms. The second-order valence-corrected chi connectivity index (χ2v) is 6.10. The summed E-state index contributed by atoms with van der Waals surface area (Å²) in [7, 11) is 0. The van der Waals surface area contributed by atoms with Gasteiger partial charge in [0.1, 0.15) is 11.6 Å². The first-order valence-electron chi connectivity index (χ1n) is 7.29. The van der Waals surface area contributed by atoms with Gasteiger partial charge in [-0.1, -0.05) is 12.1 Å². The molecule has 0 saturated heterocycles. The first-order chi connectivity index (χ1) is 10.8. The fraction of sp³-hybridized carbons (Fsp3) is 0.294. The quantitative estimate of drug-likeness (QED) is 0.671. The summed E-state index contributed by atoms with van der Waals surface area (Å²) in [5.74, 6) is 0.745. The highest BCUT2D eigenvalue weighted by atomic mass is 19.1. The summed E-state index contributed by atoms with van der Waals surface area (Å²) in [6.07, 6.45) is 1.61. The predicted molar refractivity (Wildman–Crippen MR) is 88.9 cm³/mol. The number of nitrogens with one attached hydrogen (secondary N) is 1. The Morgan fingerprint density at radius 2 is 2.09 bits per heavy atom. The van der Waals surface area contributed by atoms with Crippen LogP contribution in [0.2, 0.25) is 0 Å². The lowest BCUT2D eigenvalue weighted by atomic mass is 10.1. The van der Waals surface area contributed by atoms with Crippen molar-refractivity contribution in [2.24, 2.45) is 10.7 Å². The van der Waals surface area contributed by atoms with Gasteiger partial charge in [-0.15, -0.1) is 0 Å². The number of halogens is 1. The van der Waals surface area contributed by atoms with E-state index in [4.69, 9.17) is 10.5 Å². The van der Waals surface area contributed by atoms with Gasteiger partial charge in [0.15, 0.2) is 5.96 Å². The molecule has 0 spiro atoms. The first kappa shape index (κ1) is 16.7. The fourth-order valence-corrected chi connectivity index (χ4v) is 1.87. The standard InChI is InChI=1S/C17H21FN4O/c1-17(2,3)22-16(19)21-11-12-6-5-9-20-15(12)23-14-8-4-7-13(18)10-14/h4-10H,11H2,1-3H3,(H3,19,21,22). The zero-order valence-corrected chi connectivity index (χ0v) is 13.5. The number of aromatic nitrogens is 1. The van der Waals surface area contributed by atoms with E-state index in [-0.39, 0.29) is 11.4 Å². The van der Waals surface area contributed by atoms with E-state index < -0.39 is 0 Å². The molecule has 0 bridgehead atoms. The second-order valence-electron chi connectivity index (χ2n) is 6.10. The number of hydrogen-bond donors (Lipinski definition) is 2. The fourth-order valence-electron chi connectivity index (χ4n) is 1.87. The molecule has 1 aromatic carbocycles. The van der Waals surface area contributed by atoms with Gasteiger partial charge in [0.25, 0.3) is 0 Å². The number of nitrogens with zero attached hydrogens (tertiary/aromatic N) is 2. The number of rotatable bonds is 4. The van der Waals surface area contributed by atoms with Crippen LogP contribution >= 0.6 is 0 Å². The average molecular weight is 316 g/mol. The number of guanidine groups is 1. The number of nitrogens with two attached hydrogens (primary N) is 1. The van der Waals surface area contributed by atoms with Crippen molar-refractivity contribution in [1.82, 2.24) is 10.3 Å². The van der Waals surface area contributed by atoms with Gasteiger partial charge in [-0.2, -0.15) is 0 Å². The van der Waals surface area contributed by atoms with Crippen molar-refractivity contribution in [3.8, 4) is 11.6 Å². The normalized spacial score (nSPS) is 12.1. The maximum atomic E-state index is 13.2. The third kappa shape index (κ3) is 5.58. The highest BCUT2D eigenvalue weighted by molar-refractivity contribution is 5.78. The third-order valence-corrected chi connectivity index (χ3v) is 2.78. The van der Waals surface area contributed by atoms with Gasteiger partial charge in [-0.25, -0.2) is 14.4 Å². The summed E-state index contributed by atoms with van der Waals surface area (Å²) >= 11 is 0. The molecular weight excluding hydrogens is 295 g/mol. The molecule has 0 aliphatic carbocycles. The molecule has 5 nitrogen and oxygen atoms in total. The average Bonchev–Trinajstić information content (AvgIpc) is 2.44. The van der Waals surface area contributed by atoms with E-state index in [1.54, 1.807) is 24.4 Å². The van der Waals surface area contributed by atoms with Gasteiger partial charge < -0.3 is 15.8 Å². The van der Waals surface area contributed by atoms with Crippen molar-refractivity contribution in [2.75, 3.05) is 0 Å². The lowest BCUT2D eigenvalue weighted by Gasteiger charge is -2.21. The molecule has 2 rings (SSSR count). The lowest BCUT2D eigenvalue weighted by Crippen LogP contribution is -2.44. The molecule has 0 aliphatic heterocycles. The van der Waals surface area contributed by atoms with E-state index in [2.05, 4.69) is 15.3 Å². The van der Waals surface area contributed by atoms with Crippen LogP contribution in [0.25, 0.3) is 0 Å². The van der Waals surface area contributed by atoms with Gasteiger partial charge in [0, 0.05) is 23.4 Å². The molecule has 0 fully saturated rings. The SMILES string of the molecule is CC(C)(C)NC(N)=NCc1cccnc1Oc1cccc(F)c1. The minimum absolute atomic E-state index is 0.163. The number of hydrogen-bond acceptors (Lipinski definition) is 3. The Morgan fingerprint density at radius 3 is 2.78 bits per heavy atom. The Kier molecular flexibility index (Phi) is 5.16. The summed E-state index contributed by atoms with van der Waals surface area (Å²) in [4.78, 5) is 8.47. The van der Waals surface area contributed by atoms with Crippen LogP contribution in [0.4, 0.5) is 4.39 Å². The molecule has 122 valence electrons. The van der Waals surface area contributed by atoms with Crippen molar-refractivity contribution in [3.05, 3.63) is 54.0 Å². The minimum atomic E-state index is -0.364. The van der Waals surface area contributed by atoms with E-state index >= 15 is 0 Å². The van der Waals surface area contributed by atoms with Crippen LogP contribution in [0.15, 0.2) is 47.6 Å². The van der Waals surface area contributed by atoms with Crippen molar-refractivity contribution >= 4 is 5.96 Å². The Bertz CT molecular complexity index is 695. The highest BCUT2D eigenvalue weighted by Gasteiger charge is 2.11. The third-order valence-electron chi connectivity index (χ3n) is 2.78. The van der Waals surface area contributed by atoms with Crippen molar-refractivity contribution < 1.29 is 9.13 Å². The van der Waals surface area contributed by atoms with Gasteiger partial charge in [-0.3, -0.25) is 0 Å². The van der Waals surface area contributed by atoms with E-state index in [0.717, 1.165) is 5.56 Å². The van der Waals surface area contributed by atoms with Gasteiger partial charge in [0.2, 0.25) is 5.88 Å². The second kappa shape index (κ2) is 7.09. The molecule has 0 atom stereocenters. The summed E-state index contributed by atoms with van der Waals surface area (Å²) in [5.41, 5.74) is 6.45. The summed E-state index contributed by atoms with van der Waals surface area (Å²) in [5, 5.41) is 3.08. The Labute approximate surface area is 135 Å². The highest BCUT2D eigenvalue weighted by Crippen LogP contribution is 2.23. The predicted octanol–water partition coefficient (Wildman–Crippen LogP) is 3.22. The van der Waals surface area contributed by atoms with Gasteiger partial charge >= 0.3 is 0 Å². The van der Waals surface area contributed by atoms with E-state index in [1.807, 2.05) is 26.8 Å². The number of benzene rings is 1. The van der Waals surface area contributed by atoms with E-state index in [1.165, 1.54) is 12.1 Å². The molecule has 3 N–H and O–H groups in total. The molecule has 2 aromatic rings. The lowest BCUT2D eigenvalue weighted by molar-refractivity contribution is 0.452. The Balaban J connectivity index is 2.13. The summed E-state index contributed by atoms with van der Waals surface area (Å²) in [6.45, 7) is 6.31. The molecule has 0 saturated carbocycles. The molecule has 0 aliphatic rings. The van der Waals surface area contributed by atoms with Crippen LogP contribution in [0.1, 0.15) is 26.3 Å². The smallest absolute Gasteiger partial charge is 0.224 e. The number of ether oxygens (including phenoxy) is 1. The zero-order valence-electron chi connectivity index (χ0n) is 13.5. The monoisotopic (exact) mass is 316 g/mol. The van der Waals surface area contributed by atoms with Crippen LogP contribution in [0.5, 0.6) is 11.6 Å². The largest absolute Gasteiger partial charge is 0.439 e. The maximum absolute atomic E-state index is 13.2. The summed E-state index contributed by atoms with van der Waals surface area (Å²) < 4.78 is 18.9. The summed E-state index contributed by atoms with van der Waals surface area (Å²) in [6, 6.07) is 9.54. The minimum Gasteiger partial charge on any atom is -0.439 e. The van der Waals surface area contributed by atoms with E-state index in [9.17, 15) is 4.39 Å². The van der Waals surface area contributed by atoms with Crippen molar-refractivity contribution in [2.45, 2.75) is 32.9 Å². The van der Waals surface area contributed by atoms with Crippen LogP contribution in [0.3, 0.4) is 0 Å². The first-order valence-corrected chi connectivity index (χ1v) is 7.29. The topological polar surface area (TPSA) is 72.5 Å². The van der Waals surface area contributed by atoms with E-state index in [0.29, 0.717) is 24.1 Å². The van der Waals surface area contributed by atoms with Crippen molar-refractivity contribution in [1.29, 1.82) is 0 Å². The van der Waals surface area contributed by atoms with Crippen LogP contribution in [0, 0.1) is 5.82 Å². The molecule has 1 heterocycles. The molecule has 0 unspecified atom stereocenters. The Morgan fingerprint density at radius 1 is 1.30 bits per heavy atom. The van der Waals surface area contributed by atoms with Crippen LogP contribution in [-0.2, 0) is 6.54 Å². The Hall–Kier alpha value is -2.63. The van der Waals surface area contributed by atoms with Crippen LogP contribution in [-0.4, -0.2) is 16.5 Å². The van der Waals surface area contributed by atoms with Gasteiger partial charge in [0.05, 0.1) is 6.54 Å². The number of aliphatic imine (C=N–C) groups is 1. The molecule has 1 aromatic heterocycles. The van der Waals surface area contributed by atoms with Crippen LogP contribution < -0.4 is 15.8 Å². The van der Waals surface area contributed by atoms with Crippen molar-refractivity contribution in [3.63, 3.8) is 0 Å². The molecule has 23 heavy (non-hydrogen) atoms. The molecular formula is C17H21FN4O. The molecule has 0 radical (unpaired) electrons.